The van der Waals surface area contributed by atoms with Crippen molar-refractivity contribution in [3.8, 4) is 17.2 Å². The van der Waals surface area contributed by atoms with Crippen molar-refractivity contribution in [3.63, 3.8) is 0 Å². The maximum absolute atomic E-state index is 16.1. The number of halogens is 2. The zero-order chi connectivity index (χ0) is 26.9. The van der Waals surface area contributed by atoms with E-state index < -0.39 is 11.6 Å². The Morgan fingerprint density at radius 2 is 2.00 bits per heavy atom. The summed E-state index contributed by atoms with van der Waals surface area (Å²) in [7, 11) is 0. The molecule has 192 valence electrons. The van der Waals surface area contributed by atoms with Crippen LogP contribution in [0.4, 0.5) is 13.8 Å². The molecule has 0 aliphatic carbocycles. The maximum Gasteiger partial charge on any atom is 0.256 e. The number of amides is 2. The van der Waals surface area contributed by atoms with Gasteiger partial charge in [-0.05, 0) is 43.2 Å². The highest BCUT2D eigenvalue weighted by Gasteiger charge is 2.36. The second kappa shape index (κ2) is 8.67. The largest absolute Gasteiger partial charge is 0.389 e. The summed E-state index contributed by atoms with van der Waals surface area (Å²) in [5, 5.41) is 10.7. The smallest absolute Gasteiger partial charge is 0.256 e. The summed E-state index contributed by atoms with van der Waals surface area (Å²) >= 11 is 0.958. The highest BCUT2D eigenvalue weighted by atomic mass is 32.1. The molecule has 1 fully saturated rings. The van der Waals surface area contributed by atoms with Crippen LogP contribution in [0.2, 0.25) is 0 Å². The minimum atomic E-state index is -0.642. The minimum Gasteiger partial charge on any atom is -0.389 e. The van der Waals surface area contributed by atoms with Gasteiger partial charge in [0.25, 0.3) is 5.91 Å². The zero-order valence-corrected chi connectivity index (χ0v) is 21.4. The number of anilines is 1. The van der Waals surface area contributed by atoms with Crippen LogP contribution in [0, 0.1) is 29.9 Å². The van der Waals surface area contributed by atoms with E-state index in [9.17, 15) is 19.2 Å². The predicted molar refractivity (Wildman–Crippen MR) is 143 cm³/mol. The van der Waals surface area contributed by atoms with E-state index in [2.05, 4.69) is 6.58 Å². The Bertz CT molecular complexity index is 1750. The highest BCUT2D eigenvalue weighted by molar-refractivity contribution is 7.23. The van der Waals surface area contributed by atoms with Gasteiger partial charge in [-0.15, -0.1) is 11.3 Å². The number of aryl methyl sites for hydroxylation is 2. The third kappa shape index (κ3) is 3.35. The molecule has 0 saturated carbocycles. The highest BCUT2D eigenvalue weighted by Crippen LogP contribution is 2.45. The lowest BCUT2D eigenvalue weighted by Gasteiger charge is -2.42. The lowest BCUT2D eigenvalue weighted by Crippen LogP contribution is -2.57. The van der Waals surface area contributed by atoms with E-state index in [1.807, 2.05) is 23.6 Å². The van der Waals surface area contributed by atoms with E-state index in [1.54, 1.807) is 9.80 Å². The number of hydrogen-bond acceptors (Lipinski definition) is 5. The van der Waals surface area contributed by atoms with Gasteiger partial charge in [0.05, 0.1) is 27.4 Å². The SMILES string of the molecule is C=CC(=O)N1CCN2C(=O)c3cc(F)c(-c4ccc(F)c5sc(N)c(C#N)c45)c4cc(C)n(c34)CC[C@H]2C1. The molecule has 2 aromatic heterocycles. The number of carbonyl (C=O) groups is 2. The molecule has 2 aromatic carbocycles. The topological polar surface area (TPSA) is 95.4 Å². The molecule has 2 aliphatic heterocycles. The van der Waals surface area contributed by atoms with E-state index in [-0.39, 0.29) is 49.6 Å². The van der Waals surface area contributed by atoms with Gasteiger partial charge >= 0.3 is 0 Å². The van der Waals surface area contributed by atoms with Gasteiger partial charge in [-0.1, -0.05) is 12.6 Å². The number of nitrogens with two attached hydrogens (primary N) is 1. The quantitative estimate of drug-likeness (QED) is 0.376. The molecular weight excluding hydrogens is 508 g/mol. The zero-order valence-electron chi connectivity index (χ0n) is 20.6. The molecule has 6 rings (SSSR count). The number of carbonyl (C=O) groups excluding carboxylic acids is 2. The first kappa shape index (κ1) is 24.1. The Kier molecular flexibility index (Phi) is 5.50. The van der Waals surface area contributed by atoms with Crippen LogP contribution in [0.5, 0.6) is 0 Å². The van der Waals surface area contributed by atoms with Gasteiger partial charge in [0.2, 0.25) is 5.91 Å². The van der Waals surface area contributed by atoms with Crippen molar-refractivity contribution in [2.45, 2.75) is 25.9 Å². The van der Waals surface area contributed by atoms with Crippen LogP contribution >= 0.6 is 11.3 Å². The molecule has 38 heavy (non-hydrogen) atoms. The molecule has 10 heteroatoms. The lowest BCUT2D eigenvalue weighted by molar-refractivity contribution is -0.128. The van der Waals surface area contributed by atoms with Crippen molar-refractivity contribution in [3.05, 3.63) is 65.4 Å². The number of nitrogens with zero attached hydrogens (tertiary/aromatic N) is 4. The molecule has 0 unspecified atom stereocenters. The van der Waals surface area contributed by atoms with Crippen molar-refractivity contribution in [2.75, 3.05) is 25.4 Å². The summed E-state index contributed by atoms with van der Waals surface area (Å²) in [5.41, 5.74) is 8.38. The van der Waals surface area contributed by atoms with Gasteiger partial charge in [0, 0.05) is 48.2 Å². The molecule has 2 N–H and O–H groups in total. The molecule has 0 spiro atoms. The average Bonchev–Trinajstić information content (AvgIpc) is 3.42. The summed E-state index contributed by atoms with van der Waals surface area (Å²) < 4.78 is 33.0. The molecule has 0 bridgehead atoms. The first-order valence-electron chi connectivity index (χ1n) is 12.2. The van der Waals surface area contributed by atoms with E-state index in [4.69, 9.17) is 5.73 Å². The van der Waals surface area contributed by atoms with Gasteiger partial charge in [-0.2, -0.15) is 5.26 Å². The fraction of sp³-hybridized carbons (Fsp3) is 0.250. The maximum atomic E-state index is 16.1. The number of rotatable bonds is 2. The summed E-state index contributed by atoms with van der Waals surface area (Å²) in [6.07, 6.45) is 1.89. The molecule has 4 aromatic rings. The first-order chi connectivity index (χ1) is 18.2. The van der Waals surface area contributed by atoms with Crippen molar-refractivity contribution in [1.29, 1.82) is 5.26 Å². The van der Waals surface area contributed by atoms with Gasteiger partial charge < -0.3 is 20.1 Å². The number of aromatic nitrogens is 1. The summed E-state index contributed by atoms with van der Waals surface area (Å²) in [4.78, 5) is 29.5. The van der Waals surface area contributed by atoms with Crippen LogP contribution in [0.3, 0.4) is 0 Å². The van der Waals surface area contributed by atoms with Crippen LogP contribution in [-0.4, -0.2) is 51.9 Å². The lowest BCUT2D eigenvalue weighted by atomic mass is 9.93. The number of piperazine rings is 1. The normalized spacial score (nSPS) is 17.3. The summed E-state index contributed by atoms with van der Waals surface area (Å²) in [6, 6.07) is 7.63. The van der Waals surface area contributed by atoms with Crippen molar-refractivity contribution in [2.24, 2.45) is 0 Å². The Labute approximate surface area is 220 Å². The molecule has 0 radical (unpaired) electrons. The van der Waals surface area contributed by atoms with Gasteiger partial charge in [0.1, 0.15) is 22.7 Å². The second-order valence-corrected chi connectivity index (χ2v) is 10.7. The van der Waals surface area contributed by atoms with E-state index in [0.717, 1.165) is 17.0 Å². The van der Waals surface area contributed by atoms with Gasteiger partial charge in [-0.25, -0.2) is 8.78 Å². The number of nitrogen functional groups attached to an aromatic ring is 1. The predicted octanol–water partition coefficient (Wildman–Crippen LogP) is 4.81. The van der Waals surface area contributed by atoms with Crippen LogP contribution < -0.4 is 5.73 Å². The first-order valence-corrected chi connectivity index (χ1v) is 13.0. The Morgan fingerprint density at radius 3 is 2.74 bits per heavy atom. The second-order valence-electron chi connectivity index (χ2n) is 9.66. The number of hydrogen-bond donors (Lipinski definition) is 1. The molecule has 7 nitrogen and oxygen atoms in total. The molecule has 4 heterocycles. The van der Waals surface area contributed by atoms with Crippen LogP contribution in [0.25, 0.3) is 32.1 Å². The van der Waals surface area contributed by atoms with Gasteiger partial charge in [0.15, 0.2) is 0 Å². The fourth-order valence-corrected chi connectivity index (χ4v) is 6.87. The molecular formula is C28H23F2N5O2S. The number of benzene rings is 2. The molecule has 2 aliphatic rings. The van der Waals surface area contributed by atoms with Crippen molar-refractivity contribution in [1.82, 2.24) is 14.4 Å². The van der Waals surface area contributed by atoms with Gasteiger partial charge in [-0.3, -0.25) is 9.59 Å². The van der Waals surface area contributed by atoms with E-state index >= 15 is 4.39 Å². The number of fused-ring (bicyclic) bond motifs is 2. The average molecular weight is 532 g/mol. The molecule has 1 atom stereocenters. The summed E-state index contributed by atoms with van der Waals surface area (Å²) in [5.74, 6) is -1.64. The monoisotopic (exact) mass is 531 g/mol. The molecule has 2 amide bonds. The minimum absolute atomic E-state index is 0.110. The third-order valence-electron chi connectivity index (χ3n) is 7.68. The number of thiophene rings is 1. The van der Waals surface area contributed by atoms with Crippen LogP contribution in [-0.2, 0) is 11.3 Å². The Balaban J connectivity index is 1.57. The van der Waals surface area contributed by atoms with Crippen molar-refractivity contribution < 1.29 is 18.4 Å². The molecule has 1 saturated heterocycles. The summed E-state index contributed by atoms with van der Waals surface area (Å²) in [6.45, 7) is 7.13. The third-order valence-corrected chi connectivity index (χ3v) is 8.71. The number of nitriles is 1. The Morgan fingerprint density at radius 1 is 1.21 bits per heavy atom. The van der Waals surface area contributed by atoms with E-state index in [0.29, 0.717) is 49.1 Å². The van der Waals surface area contributed by atoms with Crippen LogP contribution in [0.15, 0.2) is 36.9 Å². The standard InChI is InChI=1S/C28H23F2N5O2S/c1-3-22(36)33-8-9-35-15(13-33)6-7-34-14(2)10-17-23(21(30)11-18(25(17)34)28(35)37)16-4-5-20(29)26-24(16)19(12-31)27(32)38-26/h3-5,10-11,15H,1,6-9,13,32H2,2H3/t15-/m0/s1. The van der Waals surface area contributed by atoms with Crippen molar-refractivity contribution >= 4 is 49.1 Å². The fourth-order valence-electron chi connectivity index (χ4n) is 5.92. The van der Waals surface area contributed by atoms with Crippen LogP contribution in [0.1, 0.15) is 28.0 Å². The Hall–Kier alpha value is -4.23. The van der Waals surface area contributed by atoms with E-state index in [1.165, 1.54) is 24.3 Å².